The summed E-state index contributed by atoms with van der Waals surface area (Å²) < 4.78 is 1.79. The number of anilines is 1. The van der Waals surface area contributed by atoms with E-state index in [0.29, 0.717) is 11.7 Å². The van der Waals surface area contributed by atoms with Crippen LogP contribution in [-0.4, -0.2) is 26.2 Å². The molecule has 1 aromatic heterocycles. The average molecular weight is 405 g/mol. The Bertz CT molecular complexity index is 1020. The molecule has 0 bridgehead atoms. The molecule has 156 valence electrons. The van der Waals surface area contributed by atoms with E-state index in [2.05, 4.69) is 53.0 Å². The molecule has 2 aromatic carbocycles. The minimum absolute atomic E-state index is 0.244. The Morgan fingerprint density at radius 1 is 1.07 bits per heavy atom. The van der Waals surface area contributed by atoms with Gasteiger partial charge >= 0.3 is 6.03 Å². The van der Waals surface area contributed by atoms with Gasteiger partial charge in [-0.25, -0.2) is 4.79 Å². The minimum atomic E-state index is -0.620. The SMILES string of the molecule is Cc1cccc(-n2nnnc2C2(NC(=O)Nc3ccccc3)CCC(C)CC2)c1C. The van der Waals surface area contributed by atoms with Crippen LogP contribution in [0.4, 0.5) is 10.5 Å². The van der Waals surface area contributed by atoms with Gasteiger partial charge in [0, 0.05) is 5.69 Å². The van der Waals surface area contributed by atoms with Crippen molar-refractivity contribution in [2.45, 2.75) is 52.0 Å². The number of tetrazole rings is 1. The molecule has 1 aliphatic carbocycles. The average Bonchev–Trinajstić information content (AvgIpc) is 3.23. The highest BCUT2D eigenvalue weighted by molar-refractivity contribution is 5.89. The molecule has 1 saturated carbocycles. The lowest BCUT2D eigenvalue weighted by Crippen LogP contribution is -2.51. The van der Waals surface area contributed by atoms with Crippen LogP contribution in [0.15, 0.2) is 48.5 Å². The molecule has 0 saturated heterocycles. The van der Waals surface area contributed by atoms with Crippen molar-refractivity contribution in [2.75, 3.05) is 5.32 Å². The van der Waals surface area contributed by atoms with E-state index in [1.54, 1.807) is 4.68 Å². The van der Waals surface area contributed by atoms with E-state index >= 15 is 0 Å². The lowest BCUT2D eigenvalue weighted by atomic mass is 9.76. The van der Waals surface area contributed by atoms with E-state index in [-0.39, 0.29) is 6.03 Å². The number of carbonyl (C=O) groups excluding carboxylic acids is 1. The highest BCUT2D eigenvalue weighted by atomic mass is 16.2. The summed E-state index contributed by atoms with van der Waals surface area (Å²) in [4.78, 5) is 12.9. The van der Waals surface area contributed by atoms with Crippen molar-refractivity contribution in [3.8, 4) is 5.69 Å². The van der Waals surface area contributed by atoms with Crippen molar-refractivity contribution in [3.63, 3.8) is 0 Å². The van der Waals surface area contributed by atoms with Crippen molar-refractivity contribution < 1.29 is 4.79 Å². The summed E-state index contributed by atoms with van der Waals surface area (Å²) >= 11 is 0. The zero-order chi connectivity index (χ0) is 21.1. The van der Waals surface area contributed by atoms with Crippen molar-refractivity contribution in [1.29, 1.82) is 0 Å². The number of para-hydroxylation sites is 1. The number of benzene rings is 2. The first-order chi connectivity index (χ1) is 14.5. The van der Waals surface area contributed by atoms with E-state index < -0.39 is 5.54 Å². The lowest BCUT2D eigenvalue weighted by molar-refractivity contribution is 0.182. The summed E-state index contributed by atoms with van der Waals surface area (Å²) in [7, 11) is 0. The zero-order valence-electron chi connectivity index (χ0n) is 17.7. The zero-order valence-corrected chi connectivity index (χ0v) is 17.7. The van der Waals surface area contributed by atoms with Gasteiger partial charge in [0.1, 0.15) is 5.54 Å². The molecule has 7 nitrogen and oxygen atoms in total. The first-order valence-corrected chi connectivity index (χ1v) is 10.5. The van der Waals surface area contributed by atoms with Gasteiger partial charge < -0.3 is 10.6 Å². The van der Waals surface area contributed by atoms with Crippen molar-refractivity contribution in [1.82, 2.24) is 25.5 Å². The Balaban J connectivity index is 1.69. The summed E-state index contributed by atoms with van der Waals surface area (Å²) in [5.41, 5.74) is 3.38. The third-order valence-corrected chi connectivity index (χ3v) is 6.21. The maximum Gasteiger partial charge on any atom is 0.320 e. The Hall–Kier alpha value is -3.22. The third kappa shape index (κ3) is 3.92. The fourth-order valence-corrected chi connectivity index (χ4v) is 4.17. The fourth-order valence-electron chi connectivity index (χ4n) is 4.17. The van der Waals surface area contributed by atoms with Crippen LogP contribution in [0.3, 0.4) is 0 Å². The van der Waals surface area contributed by atoms with Gasteiger partial charge in [-0.15, -0.1) is 5.10 Å². The summed E-state index contributed by atoms with van der Waals surface area (Å²) in [5, 5.41) is 18.9. The quantitative estimate of drug-likeness (QED) is 0.670. The number of aryl methyl sites for hydroxylation is 1. The number of amides is 2. The van der Waals surface area contributed by atoms with Gasteiger partial charge in [0.25, 0.3) is 0 Å². The Kier molecular flexibility index (Phi) is 5.53. The number of carbonyl (C=O) groups is 1. The molecule has 0 radical (unpaired) electrons. The molecule has 0 atom stereocenters. The Morgan fingerprint density at radius 3 is 2.53 bits per heavy atom. The lowest BCUT2D eigenvalue weighted by Gasteiger charge is -2.38. The van der Waals surface area contributed by atoms with Crippen LogP contribution in [0.5, 0.6) is 0 Å². The number of nitrogens with one attached hydrogen (secondary N) is 2. The molecule has 1 aliphatic rings. The van der Waals surface area contributed by atoms with Gasteiger partial charge in [-0.2, -0.15) is 4.68 Å². The molecular weight excluding hydrogens is 376 g/mol. The van der Waals surface area contributed by atoms with Crippen LogP contribution in [0.2, 0.25) is 0 Å². The van der Waals surface area contributed by atoms with Gasteiger partial charge in [0.15, 0.2) is 5.82 Å². The van der Waals surface area contributed by atoms with Crippen LogP contribution in [0.25, 0.3) is 5.69 Å². The molecule has 2 amide bonds. The van der Waals surface area contributed by atoms with Crippen LogP contribution in [0.1, 0.15) is 49.6 Å². The van der Waals surface area contributed by atoms with E-state index in [0.717, 1.165) is 42.6 Å². The highest BCUT2D eigenvalue weighted by Gasteiger charge is 2.42. The monoisotopic (exact) mass is 404 g/mol. The second kappa shape index (κ2) is 8.26. The maximum absolute atomic E-state index is 12.9. The second-order valence-electron chi connectivity index (χ2n) is 8.34. The number of nitrogens with zero attached hydrogens (tertiary/aromatic N) is 4. The number of rotatable bonds is 4. The standard InChI is InChI=1S/C23H28N6O/c1-16-12-14-23(15-13-16,25-22(30)24-19-9-5-4-6-10-19)21-26-27-28-29(21)20-11-7-8-17(2)18(20)3/h4-11,16H,12-15H2,1-3H3,(H2,24,25,30). The molecule has 0 unspecified atom stereocenters. The number of aromatic nitrogens is 4. The Morgan fingerprint density at radius 2 is 1.80 bits per heavy atom. The minimum Gasteiger partial charge on any atom is -0.325 e. The third-order valence-electron chi connectivity index (χ3n) is 6.21. The summed E-state index contributed by atoms with van der Waals surface area (Å²) in [5.74, 6) is 1.30. The molecule has 0 aliphatic heterocycles. The molecule has 3 aromatic rings. The molecule has 1 fully saturated rings. The maximum atomic E-state index is 12.9. The van der Waals surface area contributed by atoms with Gasteiger partial charge in [-0.05, 0) is 85.2 Å². The van der Waals surface area contributed by atoms with Crippen molar-refractivity contribution >= 4 is 11.7 Å². The molecular formula is C23H28N6O. The smallest absolute Gasteiger partial charge is 0.320 e. The van der Waals surface area contributed by atoms with Crippen molar-refractivity contribution in [2.24, 2.45) is 5.92 Å². The van der Waals surface area contributed by atoms with Crippen molar-refractivity contribution in [3.05, 3.63) is 65.5 Å². The molecule has 2 N–H and O–H groups in total. The largest absolute Gasteiger partial charge is 0.325 e. The highest BCUT2D eigenvalue weighted by Crippen LogP contribution is 2.39. The fraction of sp³-hybridized carbons (Fsp3) is 0.391. The predicted octanol–water partition coefficient (Wildman–Crippen LogP) is 4.51. The summed E-state index contributed by atoms with van der Waals surface area (Å²) in [6, 6.07) is 15.3. The number of hydrogen-bond acceptors (Lipinski definition) is 4. The van der Waals surface area contributed by atoms with Gasteiger partial charge in [0.05, 0.1) is 5.69 Å². The van der Waals surface area contributed by atoms with E-state index in [1.165, 1.54) is 5.56 Å². The number of hydrogen-bond donors (Lipinski definition) is 2. The molecule has 7 heteroatoms. The van der Waals surface area contributed by atoms with Gasteiger partial charge in [0.2, 0.25) is 0 Å². The topological polar surface area (TPSA) is 84.7 Å². The predicted molar refractivity (Wildman–Crippen MR) is 117 cm³/mol. The Labute approximate surface area is 176 Å². The summed E-state index contributed by atoms with van der Waals surface area (Å²) in [6.07, 6.45) is 3.60. The molecule has 0 spiro atoms. The van der Waals surface area contributed by atoms with E-state index in [9.17, 15) is 4.79 Å². The molecule has 4 rings (SSSR count). The second-order valence-corrected chi connectivity index (χ2v) is 8.34. The van der Waals surface area contributed by atoms with Gasteiger partial charge in [-0.3, -0.25) is 0 Å². The van der Waals surface area contributed by atoms with Gasteiger partial charge in [-0.1, -0.05) is 37.3 Å². The van der Waals surface area contributed by atoms with Crippen LogP contribution in [0, 0.1) is 19.8 Å². The van der Waals surface area contributed by atoms with Crippen LogP contribution < -0.4 is 10.6 Å². The van der Waals surface area contributed by atoms with Crippen LogP contribution in [-0.2, 0) is 5.54 Å². The van der Waals surface area contributed by atoms with Crippen LogP contribution >= 0.6 is 0 Å². The van der Waals surface area contributed by atoms with E-state index in [4.69, 9.17) is 0 Å². The first-order valence-electron chi connectivity index (χ1n) is 10.5. The first kappa shape index (κ1) is 20.1. The summed E-state index contributed by atoms with van der Waals surface area (Å²) in [6.45, 7) is 6.40. The molecule has 1 heterocycles. The number of urea groups is 1. The molecule has 30 heavy (non-hydrogen) atoms. The van der Waals surface area contributed by atoms with E-state index in [1.807, 2.05) is 42.5 Å². The normalized spacial score (nSPS) is 21.2.